The number of rotatable bonds is 7. The van der Waals surface area contributed by atoms with Gasteiger partial charge < -0.3 is 10.1 Å². The molecule has 4 heteroatoms. The minimum atomic E-state index is 0.277. The lowest BCUT2D eigenvalue weighted by atomic mass is 10.2. The molecule has 0 aliphatic carbocycles. The van der Waals surface area contributed by atoms with Crippen molar-refractivity contribution in [1.82, 2.24) is 10.3 Å². The monoisotopic (exact) mass is 242 g/mol. The van der Waals surface area contributed by atoms with Gasteiger partial charge >= 0.3 is 0 Å². The third-order valence-corrected chi connectivity index (χ3v) is 3.38. The second-order valence-electron chi connectivity index (χ2n) is 4.19. The van der Waals surface area contributed by atoms with Gasteiger partial charge in [-0.1, -0.05) is 6.92 Å². The van der Waals surface area contributed by atoms with E-state index < -0.39 is 0 Å². The number of thiazole rings is 1. The summed E-state index contributed by atoms with van der Waals surface area (Å²) in [6, 6.07) is 0.287. The molecule has 0 bridgehead atoms. The molecule has 1 atom stereocenters. The molecule has 0 aliphatic rings. The highest BCUT2D eigenvalue weighted by Crippen LogP contribution is 2.22. The smallest absolute Gasteiger partial charge is 0.0798 e. The standard InChI is InChI=1S/C12H22N2OS/c1-5-6-13-11(7-15-9(2)3)12-10(4)14-8-16-12/h8-9,11,13H,5-7H2,1-4H3. The van der Waals surface area contributed by atoms with E-state index in [1.165, 1.54) is 4.88 Å². The van der Waals surface area contributed by atoms with Gasteiger partial charge in [-0.15, -0.1) is 11.3 Å². The fourth-order valence-electron chi connectivity index (χ4n) is 1.48. The highest BCUT2D eigenvalue weighted by molar-refractivity contribution is 7.09. The molecule has 0 radical (unpaired) electrons. The summed E-state index contributed by atoms with van der Waals surface area (Å²) in [5.41, 5.74) is 3.02. The number of nitrogens with one attached hydrogen (secondary N) is 1. The summed E-state index contributed by atoms with van der Waals surface area (Å²) in [4.78, 5) is 5.60. The molecule has 16 heavy (non-hydrogen) atoms. The predicted octanol–water partition coefficient (Wildman–Crippen LogP) is 2.92. The Morgan fingerprint density at radius 2 is 2.25 bits per heavy atom. The summed E-state index contributed by atoms with van der Waals surface area (Å²) in [6.07, 6.45) is 1.41. The van der Waals surface area contributed by atoms with Crippen molar-refractivity contribution in [2.75, 3.05) is 13.2 Å². The minimum absolute atomic E-state index is 0.277. The van der Waals surface area contributed by atoms with E-state index in [1.54, 1.807) is 11.3 Å². The quantitative estimate of drug-likeness (QED) is 0.798. The largest absolute Gasteiger partial charge is 0.377 e. The van der Waals surface area contributed by atoms with Gasteiger partial charge in [0.1, 0.15) is 0 Å². The lowest BCUT2D eigenvalue weighted by Gasteiger charge is -2.19. The number of aromatic nitrogens is 1. The van der Waals surface area contributed by atoms with Gasteiger partial charge in [0.25, 0.3) is 0 Å². The van der Waals surface area contributed by atoms with Crippen molar-refractivity contribution in [3.8, 4) is 0 Å². The predicted molar refractivity (Wildman–Crippen MR) is 69.0 cm³/mol. The van der Waals surface area contributed by atoms with Crippen LogP contribution in [0.1, 0.15) is 43.8 Å². The lowest BCUT2D eigenvalue weighted by molar-refractivity contribution is 0.0616. The number of hydrogen-bond donors (Lipinski definition) is 1. The molecule has 1 heterocycles. The SMILES string of the molecule is CCCNC(COC(C)C)c1scnc1C. The second kappa shape index (κ2) is 6.99. The van der Waals surface area contributed by atoms with E-state index in [4.69, 9.17) is 4.74 Å². The van der Waals surface area contributed by atoms with Gasteiger partial charge in [-0.3, -0.25) is 0 Å². The first-order valence-corrected chi connectivity index (χ1v) is 6.78. The molecule has 92 valence electrons. The van der Waals surface area contributed by atoms with Gasteiger partial charge in [0.05, 0.1) is 30.0 Å². The van der Waals surface area contributed by atoms with Crippen LogP contribution >= 0.6 is 11.3 Å². The van der Waals surface area contributed by atoms with E-state index in [-0.39, 0.29) is 12.1 Å². The first-order chi connectivity index (χ1) is 7.65. The van der Waals surface area contributed by atoms with Gasteiger partial charge in [0.15, 0.2) is 0 Å². The summed E-state index contributed by atoms with van der Waals surface area (Å²) >= 11 is 1.71. The highest BCUT2D eigenvalue weighted by atomic mass is 32.1. The molecule has 0 aliphatic heterocycles. The molecule has 3 nitrogen and oxygen atoms in total. The van der Waals surface area contributed by atoms with Crippen molar-refractivity contribution in [2.24, 2.45) is 0 Å². The summed E-state index contributed by atoms with van der Waals surface area (Å²) < 4.78 is 5.70. The molecule has 0 saturated heterocycles. The minimum Gasteiger partial charge on any atom is -0.377 e. The zero-order valence-corrected chi connectivity index (χ0v) is 11.4. The Labute approximate surface area is 102 Å². The van der Waals surface area contributed by atoms with E-state index in [0.29, 0.717) is 0 Å². The van der Waals surface area contributed by atoms with Gasteiger partial charge in [-0.2, -0.15) is 0 Å². The van der Waals surface area contributed by atoms with E-state index in [2.05, 4.69) is 38.0 Å². The van der Waals surface area contributed by atoms with Crippen LogP contribution in [-0.2, 0) is 4.74 Å². The van der Waals surface area contributed by atoms with Crippen molar-refractivity contribution in [3.63, 3.8) is 0 Å². The van der Waals surface area contributed by atoms with Crippen molar-refractivity contribution in [3.05, 3.63) is 16.1 Å². The molecule has 0 fully saturated rings. The van der Waals surface area contributed by atoms with Crippen molar-refractivity contribution < 1.29 is 4.74 Å². The maximum absolute atomic E-state index is 5.70. The second-order valence-corrected chi connectivity index (χ2v) is 5.08. The molecule has 1 N–H and O–H groups in total. The zero-order chi connectivity index (χ0) is 12.0. The maximum atomic E-state index is 5.70. The molecule has 0 spiro atoms. The Kier molecular flexibility index (Phi) is 5.95. The Bertz CT molecular complexity index is 299. The Morgan fingerprint density at radius 1 is 1.50 bits per heavy atom. The van der Waals surface area contributed by atoms with Crippen LogP contribution in [0.15, 0.2) is 5.51 Å². The molecular weight excluding hydrogens is 220 g/mol. The summed E-state index contributed by atoms with van der Waals surface area (Å²) in [6.45, 7) is 10.1. The Hall–Kier alpha value is -0.450. The molecule has 1 aromatic rings. The van der Waals surface area contributed by atoms with Crippen LogP contribution in [-0.4, -0.2) is 24.2 Å². The van der Waals surface area contributed by atoms with Crippen LogP contribution in [0.2, 0.25) is 0 Å². The highest BCUT2D eigenvalue weighted by Gasteiger charge is 2.16. The number of aryl methyl sites for hydroxylation is 1. The van der Waals surface area contributed by atoms with E-state index >= 15 is 0 Å². The average Bonchev–Trinajstić information content (AvgIpc) is 2.65. The molecule has 0 aromatic carbocycles. The van der Waals surface area contributed by atoms with Crippen molar-refractivity contribution in [1.29, 1.82) is 0 Å². The van der Waals surface area contributed by atoms with Gasteiger partial charge in [-0.25, -0.2) is 4.98 Å². The Balaban J connectivity index is 2.60. The average molecular weight is 242 g/mol. The fraction of sp³-hybridized carbons (Fsp3) is 0.750. The van der Waals surface area contributed by atoms with Crippen LogP contribution in [0.25, 0.3) is 0 Å². The van der Waals surface area contributed by atoms with Crippen LogP contribution < -0.4 is 5.32 Å². The van der Waals surface area contributed by atoms with Gasteiger partial charge in [0.2, 0.25) is 0 Å². The molecule has 1 rings (SSSR count). The molecular formula is C12H22N2OS. The van der Waals surface area contributed by atoms with Gasteiger partial charge in [-0.05, 0) is 33.7 Å². The van der Waals surface area contributed by atoms with Crippen molar-refractivity contribution >= 4 is 11.3 Å². The van der Waals surface area contributed by atoms with Crippen LogP contribution in [0.5, 0.6) is 0 Å². The molecule has 1 aromatic heterocycles. The van der Waals surface area contributed by atoms with Crippen LogP contribution in [0.4, 0.5) is 0 Å². The first-order valence-electron chi connectivity index (χ1n) is 5.90. The lowest BCUT2D eigenvalue weighted by Crippen LogP contribution is -2.27. The van der Waals surface area contributed by atoms with Crippen LogP contribution in [0, 0.1) is 6.92 Å². The summed E-state index contributed by atoms with van der Waals surface area (Å²) in [5.74, 6) is 0. The number of nitrogens with zero attached hydrogens (tertiary/aromatic N) is 1. The molecule has 1 unspecified atom stereocenters. The topological polar surface area (TPSA) is 34.1 Å². The van der Waals surface area contributed by atoms with Crippen molar-refractivity contribution in [2.45, 2.75) is 46.3 Å². The zero-order valence-electron chi connectivity index (χ0n) is 10.6. The van der Waals surface area contributed by atoms with Crippen LogP contribution in [0.3, 0.4) is 0 Å². The third kappa shape index (κ3) is 4.20. The maximum Gasteiger partial charge on any atom is 0.0798 e. The number of hydrogen-bond acceptors (Lipinski definition) is 4. The van der Waals surface area contributed by atoms with E-state index in [0.717, 1.165) is 25.3 Å². The summed E-state index contributed by atoms with van der Waals surface area (Å²) in [5, 5.41) is 3.51. The fourth-order valence-corrected chi connectivity index (χ4v) is 2.34. The first kappa shape index (κ1) is 13.6. The Morgan fingerprint density at radius 3 is 2.75 bits per heavy atom. The van der Waals surface area contributed by atoms with E-state index in [9.17, 15) is 0 Å². The van der Waals surface area contributed by atoms with Gasteiger partial charge in [0, 0.05) is 4.88 Å². The number of ether oxygens (including phenoxy) is 1. The van der Waals surface area contributed by atoms with E-state index in [1.807, 2.05) is 5.51 Å². The summed E-state index contributed by atoms with van der Waals surface area (Å²) in [7, 11) is 0. The normalized spacial score (nSPS) is 13.3. The molecule has 0 saturated carbocycles. The third-order valence-electron chi connectivity index (χ3n) is 2.34. The molecule has 0 amide bonds.